The van der Waals surface area contributed by atoms with Crippen LogP contribution in [0.25, 0.3) is 0 Å². The molecule has 2 aromatic rings. The fraction of sp³-hybridized carbons (Fsp3) is 0.182. The largest absolute Gasteiger partial charge is 0.349 e. The van der Waals surface area contributed by atoms with Crippen LogP contribution >= 0.6 is 15.9 Å². The number of halogens is 1. The Morgan fingerprint density at radius 3 is 2.78 bits per heavy atom. The maximum atomic E-state index is 12.0. The molecule has 1 aromatic heterocycles. The summed E-state index contributed by atoms with van der Waals surface area (Å²) in [7, 11) is -3.48. The lowest BCUT2D eigenvalue weighted by Crippen LogP contribution is -2.26. The van der Waals surface area contributed by atoms with E-state index in [1.807, 2.05) is 0 Å². The zero-order valence-corrected chi connectivity index (χ0v) is 11.8. The molecule has 5 nitrogen and oxygen atoms in total. The summed E-state index contributed by atoms with van der Waals surface area (Å²) in [5, 5.41) is 0. The van der Waals surface area contributed by atoms with Gasteiger partial charge in [-0.3, -0.25) is 0 Å². The molecule has 96 valence electrons. The number of benzene rings is 1. The van der Waals surface area contributed by atoms with Crippen molar-refractivity contribution in [2.45, 2.75) is 11.3 Å². The molecule has 0 atom stereocenters. The number of H-pyrrole nitrogens is 1. The topological polar surface area (TPSA) is 74.8 Å². The third-order valence-corrected chi connectivity index (χ3v) is 4.81. The molecule has 0 amide bonds. The van der Waals surface area contributed by atoms with Crippen LogP contribution in [0.3, 0.4) is 0 Å². The van der Waals surface area contributed by atoms with Crippen molar-refractivity contribution in [2.75, 3.05) is 6.54 Å². The number of aromatic amines is 1. The van der Waals surface area contributed by atoms with Crippen molar-refractivity contribution >= 4 is 26.0 Å². The summed E-state index contributed by atoms with van der Waals surface area (Å²) in [4.78, 5) is 7.19. The molecular formula is C11H12BrN3O2S. The van der Waals surface area contributed by atoms with Crippen LogP contribution < -0.4 is 4.72 Å². The first-order valence-corrected chi connectivity index (χ1v) is 7.59. The smallest absolute Gasteiger partial charge is 0.241 e. The van der Waals surface area contributed by atoms with Gasteiger partial charge in [-0.25, -0.2) is 18.1 Å². The van der Waals surface area contributed by atoms with Gasteiger partial charge in [0.1, 0.15) is 5.82 Å². The lowest BCUT2D eigenvalue weighted by molar-refractivity contribution is 0.580. The zero-order chi connectivity index (χ0) is 13.0. The second-order valence-electron chi connectivity index (χ2n) is 3.61. The van der Waals surface area contributed by atoms with E-state index in [1.54, 1.807) is 36.7 Å². The third-order valence-electron chi connectivity index (χ3n) is 2.33. The van der Waals surface area contributed by atoms with Crippen LogP contribution in [-0.2, 0) is 16.4 Å². The molecule has 0 saturated heterocycles. The van der Waals surface area contributed by atoms with E-state index in [0.717, 1.165) is 5.82 Å². The average molecular weight is 330 g/mol. The van der Waals surface area contributed by atoms with Crippen molar-refractivity contribution in [3.05, 3.63) is 47.0 Å². The molecule has 1 aromatic carbocycles. The molecular weight excluding hydrogens is 318 g/mol. The molecule has 0 saturated carbocycles. The van der Waals surface area contributed by atoms with Crippen molar-refractivity contribution < 1.29 is 8.42 Å². The van der Waals surface area contributed by atoms with Gasteiger partial charge in [0.15, 0.2) is 0 Å². The first-order chi connectivity index (χ1) is 8.59. The lowest BCUT2D eigenvalue weighted by Gasteiger charge is -2.07. The summed E-state index contributed by atoms with van der Waals surface area (Å²) in [6.45, 7) is 0.303. The molecule has 0 spiro atoms. The monoisotopic (exact) mass is 329 g/mol. The summed E-state index contributed by atoms with van der Waals surface area (Å²) >= 11 is 3.23. The highest BCUT2D eigenvalue weighted by Gasteiger charge is 2.16. The van der Waals surface area contributed by atoms with E-state index in [2.05, 4.69) is 30.6 Å². The van der Waals surface area contributed by atoms with Crippen molar-refractivity contribution in [2.24, 2.45) is 0 Å². The van der Waals surface area contributed by atoms with Crippen LogP contribution in [0, 0.1) is 0 Å². The van der Waals surface area contributed by atoms with Gasteiger partial charge in [0, 0.05) is 29.8 Å². The number of hydrogen-bond acceptors (Lipinski definition) is 3. The number of rotatable bonds is 5. The van der Waals surface area contributed by atoms with Gasteiger partial charge in [0.05, 0.1) is 4.90 Å². The minimum atomic E-state index is -3.48. The third kappa shape index (κ3) is 3.18. The van der Waals surface area contributed by atoms with Gasteiger partial charge in [-0.1, -0.05) is 12.1 Å². The Bertz CT molecular complexity index is 611. The number of aromatic nitrogens is 2. The van der Waals surface area contributed by atoms with Gasteiger partial charge >= 0.3 is 0 Å². The Labute approximate surface area is 114 Å². The first-order valence-electron chi connectivity index (χ1n) is 5.32. The van der Waals surface area contributed by atoms with Gasteiger partial charge < -0.3 is 4.98 Å². The summed E-state index contributed by atoms with van der Waals surface area (Å²) < 4.78 is 27.1. The Balaban J connectivity index is 2.02. The Morgan fingerprint density at radius 1 is 1.33 bits per heavy atom. The van der Waals surface area contributed by atoms with E-state index in [9.17, 15) is 8.42 Å². The summed E-state index contributed by atoms with van der Waals surface area (Å²) in [6.07, 6.45) is 3.87. The van der Waals surface area contributed by atoms with E-state index < -0.39 is 10.0 Å². The number of hydrogen-bond donors (Lipinski definition) is 2. The highest BCUT2D eigenvalue weighted by atomic mass is 79.9. The summed E-state index contributed by atoms with van der Waals surface area (Å²) in [5.41, 5.74) is 0. The maximum Gasteiger partial charge on any atom is 0.241 e. The van der Waals surface area contributed by atoms with E-state index in [1.165, 1.54) is 0 Å². The average Bonchev–Trinajstić information content (AvgIpc) is 2.82. The van der Waals surface area contributed by atoms with Crippen molar-refractivity contribution in [3.63, 3.8) is 0 Å². The van der Waals surface area contributed by atoms with E-state index in [4.69, 9.17) is 0 Å². The molecule has 2 N–H and O–H groups in total. The SMILES string of the molecule is O=S(=O)(NCCc1ncc[nH]1)c1ccccc1Br. The van der Waals surface area contributed by atoms with Crippen LogP contribution in [-0.4, -0.2) is 24.9 Å². The van der Waals surface area contributed by atoms with E-state index in [0.29, 0.717) is 17.4 Å². The molecule has 0 fully saturated rings. The van der Waals surface area contributed by atoms with Crippen LogP contribution in [0.15, 0.2) is 46.0 Å². The second kappa shape index (κ2) is 5.64. The number of sulfonamides is 1. The van der Waals surface area contributed by atoms with Gasteiger partial charge in [-0.15, -0.1) is 0 Å². The van der Waals surface area contributed by atoms with Gasteiger partial charge in [-0.05, 0) is 28.1 Å². The minimum Gasteiger partial charge on any atom is -0.349 e. The maximum absolute atomic E-state index is 12.0. The predicted molar refractivity (Wildman–Crippen MR) is 71.6 cm³/mol. The van der Waals surface area contributed by atoms with Crippen molar-refractivity contribution in [3.8, 4) is 0 Å². The lowest BCUT2D eigenvalue weighted by atomic mass is 10.4. The molecule has 18 heavy (non-hydrogen) atoms. The molecule has 0 radical (unpaired) electrons. The van der Waals surface area contributed by atoms with Gasteiger partial charge in [0.25, 0.3) is 0 Å². The standard InChI is InChI=1S/C11H12BrN3O2S/c12-9-3-1-2-4-10(9)18(16,17)15-6-5-11-13-7-8-14-11/h1-4,7-8,15H,5-6H2,(H,13,14). The van der Waals surface area contributed by atoms with E-state index in [-0.39, 0.29) is 4.90 Å². The number of nitrogens with zero attached hydrogens (tertiary/aromatic N) is 1. The molecule has 0 bridgehead atoms. The Morgan fingerprint density at radius 2 is 2.11 bits per heavy atom. The molecule has 0 aliphatic heterocycles. The highest BCUT2D eigenvalue weighted by molar-refractivity contribution is 9.10. The Hall–Kier alpha value is -1.18. The summed E-state index contributed by atoms with van der Waals surface area (Å²) in [5.74, 6) is 0.754. The highest BCUT2D eigenvalue weighted by Crippen LogP contribution is 2.20. The summed E-state index contributed by atoms with van der Waals surface area (Å²) in [6, 6.07) is 6.71. The number of nitrogens with one attached hydrogen (secondary N) is 2. The van der Waals surface area contributed by atoms with Gasteiger partial charge in [0.2, 0.25) is 10.0 Å². The normalized spacial score (nSPS) is 11.6. The Kier molecular flexibility index (Phi) is 4.15. The number of imidazole rings is 1. The quantitative estimate of drug-likeness (QED) is 0.876. The van der Waals surface area contributed by atoms with Crippen molar-refractivity contribution in [1.29, 1.82) is 0 Å². The zero-order valence-electron chi connectivity index (χ0n) is 9.43. The van der Waals surface area contributed by atoms with Crippen LogP contribution in [0.1, 0.15) is 5.82 Å². The van der Waals surface area contributed by atoms with E-state index >= 15 is 0 Å². The minimum absolute atomic E-state index is 0.240. The molecule has 0 unspecified atom stereocenters. The van der Waals surface area contributed by atoms with Crippen LogP contribution in [0.2, 0.25) is 0 Å². The second-order valence-corrected chi connectivity index (χ2v) is 6.20. The fourth-order valence-corrected chi connectivity index (χ4v) is 3.51. The van der Waals surface area contributed by atoms with Crippen LogP contribution in [0.4, 0.5) is 0 Å². The fourth-order valence-electron chi connectivity index (χ4n) is 1.48. The molecule has 1 heterocycles. The molecule has 2 rings (SSSR count). The first kappa shape index (κ1) is 13.3. The van der Waals surface area contributed by atoms with Crippen LogP contribution in [0.5, 0.6) is 0 Å². The van der Waals surface area contributed by atoms with Gasteiger partial charge in [-0.2, -0.15) is 0 Å². The molecule has 7 heteroatoms. The molecule has 0 aliphatic rings. The molecule has 0 aliphatic carbocycles. The predicted octanol–water partition coefficient (Wildman–Crippen LogP) is 1.69. The van der Waals surface area contributed by atoms with Crippen molar-refractivity contribution in [1.82, 2.24) is 14.7 Å².